The predicted octanol–water partition coefficient (Wildman–Crippen LogP) is 0.624. The monoisotopic (exact) mass is 432 g/mol. The zero-order valence-electron chi connectivity index (χ0n) is 17.1. The maximum atomic E-state index is 12.8. The minimum absolute atomic E-state index is 0.172. The zero-order chi connectivity index (χ0) is 22.2. The highest BCUT2D eigenvalue weighted by Gasteiger charge is 2.19. The molecule has 4 aromatic heterocycles. The fourth-order valence-electron chi connectivity index (χ4n) is 4.16. The van der Waals surface area contributed by atoms with E-state index in [1.165, 1.54) is 21.3 Å². The lowest BCUT2D eigenvalue weighted by Crippen LogP contribution is -2.26. The number of hydrogen-bond donors (Lipinski definition) is 2. The molecule has 5 aromatic rings. The molecule has 162 valence electrons. The molecule has 32 heavy (non-hydrogen) atoms. The molecular weight excluding hydrogens is 412 g/mol. The van der Waals surface area contributed by atoms with E-state index in [2.05, 4.69) is 19.9 Å². The molecule has 5 rings (SSSR count). The van der Waals surface area contributed by atoms with E-state index in [9.17, 15) is 19.2 Å². The van der Waals surface area contributed by atoms with Crippen molar-refractivity contribution in [3.05, 3.63) is 90.0 Å². The number of fused-ring (bicyclic) bond motifs is 2. The van der Waals surface area contributed by atoms with Gasteiger partial charge in [0.05, 0.1) is 21.5 Å². The van der Waals surface area contributed by atoms with Gasteiger partial charge in [0.25, 0.3) is 22.2 Å². The summed E-state index contributed by atoms with van der Waals surface area (Å²) >= 11 is 0. The van der Waals surface area contributed by atoms with E-state index in [0.717, 1.165) is 11.6 Å². The summed E-state index contributed by atoms with van der Waals surface area (Å²) in [4.78, 5) is 65.6. The molecule has 4 heterocycles. The van der Waals surface area contributed by atoms with Gasteiger partial charge in [-0.05, 0) is 25.0 Å². The lowest BCUT2D eigenvalue weighted by Gasteiger charge is -1.99. The number of imidazole rings is 2. The summed E-state index contributed by atoms with van der Waals surface area (Å²) in [6.07, 6.45) is 9.03. The van der Waals surface area contributed by atoms with E-state index in [0.29, 0.717) is 25.7 Å². The van der Waals surface area contributed by atoms with Crippen molar-refractivity contribution in [1.29, 1.82) is 0 Å². The number of hydrogen-bond acceptors (Lipinski definition) is 6. The van der Waals surface area contributed by atoms with Crippen LogP contribution in [-0.4, -0.2) is 29.1 Å². The number of rotatable bonds is 8. The number of nitrogens with zero attached hydrogens (tertiary/aromatic N) is 4. The Balaban J connectivity index is 1.46. The summed E-state index contributed by atoms with van der Waals surface area (Å²) in [5.74, 6) is 1.56. The Hall–Kier alpha value is -4.08. The average Bonchev–Trinajstić information content (AvgIpc) is 3.57. The fraction of sp³-hybridized carbons (Fsp3) is 0.273. The van der Waals surface area contributed by atoms with Crippen LogP contribution in [0.3, 0.4) is 0 Å². The van der Waals surface area contributed by atoms with Crippen LogP contribution in [0.25, 0.3) is 21.5 Å². The highest BCUT2D eigenvalue weighted by atomic mass is 16.2. The number of nitrogens with one attached hydrogen (secondary N) is 2. The van der Waals surface area contributed by atoms with Crippen molar-refractivity contribution in [3.8, 4) is 0 Å². The highest BCUT2D eigenvalue weighted by Crippen LogP contribution is 2.15. The Labute approximate surface area is 179 Å². The van der Waals surface area contributed by atoms with Crippen LogP contribution >= 0.6 is 0 Å². The molecule has 0 radical (unpaired) electrons. The fourth-order valence-corrected chi connectivity index (χ4v) is 4.16. The molecule has 0 saturated heterocycles. The van der Waals surface area contributed by atoms with Crippen LogP contribution in [0.1, 0.15) is 24.5 Å². The van der Waals surface area contributed by atoms with Gasteiger partial charge in [-0.25, -0.2) is 9.97 Å². The number of aryl methyl sites for hydroxylation is 2. The summed E-state index contributed by atoms with van der Waals surface area (Å²) in [6, 6.07) is 2.79. The van der Waals surface area contributed by atoms with Gasteiger partial charge in [-0.1, -0.05) is 0 Å². The van der Waals surface area contributed by atoms with Crippen LogP contribution in [0.5, 0.6) is 0 Å². The second-order valence-corrected chi connectivity index (χ2v) is 7.75. The molecular formula is C22H20N6O4. The predicted molar refractivity (Wildman–Crippen MR) is 119 cm³/mol. The van der Waals surface area contributed by atoms with E-state index in [1.807, 2.05) is 0 Å². The maximum Gasteiger partial charge on any atom is 0.261 e. The van der Waals surface area contributed by atoms with Crippen molar-refractivity contribution < 1.29 is 0 Å². The van der Waals surface area contributed by atoms with Gasteiger partial charge in [0, 0.05) is 50.7 Å². The molecule has 0 bridgehead atoms. The number of benzene rings is 1. The van der Waals surface area contributed by atoms with Crippen molar-refractivity contribution in [1.82, 2.24) is 29.1 Å². The zero-order valence-corrected chi connectivity index (χ0v) is 17.1. The minimum Gasteiger partial charge on any atom is -0.349 e. The molecule has 10 heteroatoms. The van der Waals surface area contributed by atoms with Crippen molar-refractivity contribution >= 4 is 21.5 Å². The Bertz CT molecular complexity index is 1400. The smallest absolute Gasteiger partial charge is 0.261 e. The Morgan fingerprint density at radius 2 is 1.00 bits per heavy atom. The molecule has 0 aliphatic carbocycles. The van der Waals surface area contributed by atoms with Gasteiger partial charge in [-0.15, -0.1) is 0 Å². The molecule has 2 N–H and O–H groups in total. The molecule has 1 aromatic carbocycles. The van der Waals surface area contributed by atoms with Crippen LogP contribution in [0.15, 0.2) is 56.1 Å². The van der Waals surface area contributed by atoms with E-state index in [-0.39, 0.29) is 34.6 Å². The van der Waals surface area contributed by atoms with Crippen LogP contribution in [0, 0.1) is 0 Å². The van der Waals surface area contributed by atoms with Gasteiger partial charge in [0.15, 0.2) is 0 Å². The molecule has 0 amide bonds. The first-order valence-corrected chi connectivity index (χ1v) is 10.4. The third-order valence-corrected chi connectivity index (χ3v) is 5.76. The quantitative estimate of drug-likeness (QED) is 0.369. The van der Waals surface area contributed by atoms with Crippen LogP contribution < -0.4 is 22.2 Å². The van der Waals surface area contributed by atoms with Crippen LogP contribution in [-0.2, 0) is 25.9 Å². The SMILES string of the molecule is O=c1c2cc3c(=O)n(CCCc4ncc[nH]4)c(=O)c3cc2c(=O)n1CCCc1ncc[nH]1. The molecule has 0 saturated carbocycles. The maximum absolute atomic E-state index is 12.8. The third kappa shape index (κ3) is 3.29. The van der Waals surface area contributed by atoms with Crippen LogP contribution in [0.4, 0.5) is 0 Å². The molecule has 0 spiro atoms. The first-order valence-electron chi connectivity index (χ1n) is 10.4. The van der Waals surface area contributed by atoms with Gasteiger partial charge in [0.2, 0.25) is 0 Å². The molecule has 0 aliphatic heterocycles. The molecule has 10 nitrogen and oxygen atoms in total. The average molecular weight is 432 g/mol. The van der Waals surface area contributed by atoms with Crippen molar-refractivity contribution in [2.24, 2.45) is 0 Å². The van der Waals surface area contributed by atoms with Gasteiger partial charge in [-0.2, -0.15) is 0 Å². The Morgan fingerprint density at radius 1 is 0.625 bits per heavy atom. The molecule has 0 fully saturated rings. The summed E-state index contributed by atoms with van der Waals surface area (Å²) in [6.45, 7) is 0.469. The first kappa shape index (κ1) is 19.9. The van der Waals surface area contributed by atoms with Crippen molar-refractivity contribution in [2.75, 3.05) is 0 Å². The molecule has 0 aliphatic rings. The second-order valence-electron chi connectivity index (χ2n) is 7.75. The van der Waals surface area contributed by atoms with Crippen LogP contribution in [0.2, 0.25) is 0 Å². The van der Waals surface area contributed by atoms with Gasteiger partial charge >= 0.3 is 0 Å². The van der Waals surface area contributed by atoms with Gasteiger partial charge in [0.1, 0.15) is 11.6 Å². The largest absolute Gasteiger partial charge is 0.349 e. The summed E-state index contributed by atoms with van der Waals surface area (Å²) in [7, 11) is 0. The van der Waals surface area contributed by atoms with Crippen molar-refractivity contribution in [2.45, 2.75) is 38.8 Å². The summed E-state index contributed by atoms with van der Waals surface area (Å²) < 4.78 is 2.33. The summed E-state index contributed by atoms with van der Waals surface area (Å²) in [5, 5.41) is 0.686. The number of H-pyrrole nitrogens is 2. The van der Waals surface area contributed by atoms with E-state index < -0.39 is 22.2 Å². The lowest BCUT2D eigenvalue weighted by atomic mass is 10.1. The summed E-state index contributed by atoms with van der Waals surface area (Å²) in [5.41, 5.74) is -1.76. The topological polar surface area (TPSA) is 136 Å². The number of aromatic nitrogens is 6. The van der Waals surface area contributed by atoms with Crippen molar-refractivity contribution in [3.63, 3.8) is 0 Å². The first-order chi connectivity index (χ1) is 15.5. The number of aromatic amines is 2. The second kappa shape index (κ2) is 7.88. The van der Waals surface area contributed by atoms with E-state index >= 15 is 0 Å². The molecule has 0 atom stereocenters. The van der Waals surface area contributed by atoms with Gasteiger partial charge < -0.3 is 9.97 Å². The highest BCUT2D eigenvalue weighted by molar-refractivity contribution is 5.97. The van der Waals surface area contributed by atoms with E-state index in [1.54, 1.807) is 24.8 Å². The Kier molecular flexibility index (Phi) is 4.89. The lowest BCUT2D eigenvalue weighted by molar-refractivity contribution is 0.609. The third-order valence-electron chi connectivity index (χ3n) is 5.76. The minimum atomic E-state index is -0.441. The molecule has 0 unspecified atom stereocenters. The van der Waals surface area contributed by atoms with Gasteiger partial charge in [-0.3, -0.25) is 28.3 Å². The van der Waals surface area contributed by atoms with E-state index in [4.69, 9.17) is 0 Å². The Morgan fingerprint density at radius 3 is 1.31 bits per heavy atom. The standard InChI is InChI=1S/C22H20N6O4/c29-19-13-11-15-16(22(32)28(21(15)31)10-2-4-18-25-7-8-26-18)12-14(13)20(30)27(19)9-1-3-17-23-5-6-24-17/h5-8,11-12H,1-4,9-10H2,(H,23,24)(H,25,26). The normalized spacial score (nSPS) is 11.8.